The molecule has 0 aliphatic carbocycles. The van der Waals surface area contributed by atoms with Crippen molar-refractivity contribution < 1.29 is 9.18 Å². The number of amidine groups is 1. The summed E-state index contributed by atoms with van der Waals surface area (Å²) >= 11 is 0. The monoisotopic (exact) mass is 193 g/mol. The summed E-state index contributed by atoms with van der Waals surface area (Å²) in [6.07, 6.45) is 1.32. The van der Waals surface area contributed by atoms with Gasteiger partial charge in [0.05, 0.1) is 11.9 Å². The largest absolute Gasteiger partial charge is 0.272 e. The van der Waals surface area contributed by atoms with E-state index in [2.05, 4.69) is 9.98 Å². The molecule has 5 heteroatoms. The second kappa shape index (κ2) is 3.17. The number of pyridine rings is 1. The molecule has 0 aromatic carbocycles. The van der Waals surface area contributed by atoms with E-state index in [-0.39, 0.29) is 12.5 Å². The van der Waals surface area contributed by atoms with Crippen LogP contribution >= 0.6 is 0 Å². The molecule has 0 atom stereocenters. The summed E-state index contributed by atoms with van der Waals surface area (Å²) in [4.78, 5) is 20.2. The average Bonchev–Trinajstić information content (AvgIpc) is 2.49. The van der Waals surface area contributed by atoms with E-state index in [4.69, 9.17) is 0 Å². The molecule has 2 heterocycles. The summed E-state index contributed by atoms with van der Waals surface area (Å²) in [5.74, 6) is -0.0608. The van der Waals surface area contributed by atoms with Gasteiger partial charge >= 0.3 is 0 Å². The third kappa shape index (κ3) is 1.37. The fraction of sp³-hybridized carbons (Fsp3) is 0.222. The minimum atomic E-state index is -0.560. The van der Waals surface area contributed by atoms with Crippen molar-refractivity contribution in [3.8, 4) is 0 Å². The number of hydrogen-bond donors (Lipinski definition) is 0. The maximum Gasteiger partial charge on any atom is 0.254 e. The first kappa shape index (κ1) is 8.80. The Hall–Kier alpha value is -1.78. The molecule has 72 valence electrons. The van der Waals surface area contributed by atoms with Gasteiger partial charge in [-0.3, -0.25) is 14.7 Å². The molecule has 0 saturated carbocycles. The Kier molecular flexibility index (Phi) is 1.99. The summed E-state index contributed by atoms with van der Waals surface area (Å²) in [7, 11) is 0. The first-order valence-electron chi connectivity index (χ1n) is 4.14. The Bertz CT molecular complexity index is 399. The molecule has 0 saturated heterocycles. The van der Waals surface area contributed by atoms with Crippen molar-refractivity contribution in [3.05, 3.63) is 24.3 Å². The molecule has 1 aliphatic rings. The first-order chi connectivity index (χ1) is 6.68. The smallest absolute Gasteiger partial charge is 0.254 e. The lowest BCUT2D eigenvalue weighted by atomic mass is 10.3. The topological polar surface area (TPSA) is 45.6 Å². The quantitative estimate of drug-likeness (QED) is 0.624. The number of amides is 1. The van der Waals surface area contributed by atoms with Crippen LogP contribution in [0.3, 0.4) is 0 Å². The standard InChI is InChI=1S/C9H8FN3O/c1-6-11-5-9(14)13(6)7-2-3-8(10)12-4-7/h2-4H,5H2,1H3. The van der Waals surface area contributed by atoms with E-state index < -0.39 is 5.95 Å². The zero-order valence-electron chi connectivity index (χ0n) is 7.57. The summed E-state index contributed by atoms with van der Waals surface area (Å²) in [6, 6.07) is 2.72. The van der Waals surface area contributed by atoms with E-state index in [1.54, 1.807) is 6.92 Å². The van der Waals surface area contributed by atoms with Crippen molar-refractivity contribution in [2.45, 2.75) is 6.92 Å². The molecular weight excluding hydrogens is 185 g/mol. The van der Waals surface area contributed by atoms with Crippen molar-refractivity contribution in [2.75, 3.05) is 11.4 Å². The fourth-order valence-electron chi connectivity index (χ4n) is 1.34. The molecule has 0 bridgehead atoms. The van der Waals surface area contributed by atoms with Crippen molar-refractivity contribution in [2.24, 2.45) is 4.99 Å². The Balaban J connectivity index is 2.35. The molecular formula is C9H8FN3O. The molecule has 0 radical (unpaired) electrons. The Labute approximate surface area is 80.1 Å². The number of rotatable bonds is 1. The number of aliphatic imine (C=N–C) groups is 1. The molecule has 0 N–H and O–H groups in total. The summed E-state index contributed by atoms with van der Waals surface area (Å²) in [5, 5.41) is 0. The SMILES string of the molecule is CC1=NCC(=O)N1c1ccc(F)nc1. The number of aromatic nitrogens is 1. The maximum absolute atomic E-state index is 12.5. The van der Waals surface area contributed by atoms with Gasteiger partial charge in [0.25, 0.3) is 5.91 Å². The van der Waals surface area contributed by atoms with Crippen LogP contribution in [0.2, 0.25) is 0 Å². The van der Waals surface area contributed by atoms with E-state index in [9.17, 15) is 9.18 Å². The number of hydrogen-bond acceptors (Lipinski definition) is 3. The predicted octanol–water partition coefficient (Wildman–Crippen LogP) is 0.986. The minimum Gasteiger partial charge on any atom is -0.272 e. The van der Waals surface area contributed by atoms with E-state index in [0.717, 1.165) is 0 Å². The van der Waals surface area contributed by atoms with Crippen LogP contribution in [0, 0.1) is 5.95 Å². The lowest BCUT2D eigenvalue weighted by Crippen LogP contribution is -2.30. The summed E-state index contributed by atoms with van der Waals surface area (Å²) in [6.45, 7) is 1.89. The van der Waals surface area contributed by atoms with Crippen LogP contribution in [0.1, 0.15) is 6.92 Å². The van der Waals surface area contributed by atoms with E-state index in [0.29, 0.717) is 11.5 Å². The molecule has 0 fully saturated rings. The maximum atomic E-state index is 12.5. The van der Waals surface area contributed by atoms with Crippen molar-refractivity contribution in [1.29, 1.82) is 0 Å². The van der Waals surface area contributed by atoms with Crippen LogP contribution < -0.4 is 4.90 Å². The van der Waals surface area contributed by atoms with Crippen LogP contribution in [-0.2, 0) is 4.79 Å². The lowest BCUT2D eigenvalue weighted by molar-refractivity contribution is -0.115. The Morgan fingerprint density at radius 3 is 2.79 bits per heavy atom. The number of anilines is 1. The molecule has 1 aromatic rings. The number of nitrogens with zero attached hydrogens (tertiary/aromatic N) is 3. The van der Waals surface area contributed by atoms with Crippen molar-refractivity contribution in [3.63, 3.8) is 0 Å². The third-order valence-electron chi connectivity index (χ3n) is 1.99. The number of halogens is 1. The molecule has 14 heavy (non-hydrogen) atoms. The van der Waals surface area contributed by atoms with Crippen LogP contribution in [0.15, 0.2) is 23.3 Å². The predicted molar refractivity (Wildman–Crippen MR) is 49.7 cm³/mol. The van der Waals surface area contributed by atoms with Gasteiger partial charge in [0.15, 0.2) is 0 Å². The van der Waals surface area contributed by atoms with Crippen LogP contribution in [-0.4, -0.2) is 23.3 Å². The first-order valence-corrected chi connectivity index (χ1v) is 4.14. The van der Waals surface area contributed by atoms with Gasteiger partial charge in [0.1, 0.15) is 12.4 Å². The highest BCUT2D eigenvalue weighted by Gasteiger charge is 2.23. The van der Waals surface area contributed by atoms with Gasteiger partial charge in [-0.05, 0) is 19.1 Å². The van der Waals surface area contributed by atoms with Gasteiger partial charge in [-0.1, -0.05) is 0 Å². The third-order valence-corrected chi connectivity index (χ3v) is 1.99. The second-order valence-electron chi connectivity index (χ2n) is 2.93. The highest BCUT2D eigenvalue weighted by atomic mass is 19.1. The van der Waals surface area contributed by atoms with Crippen LogP contribution in [0.5, 0.6) is 0 Å². The lowest BCUT2D eigenvalue weighted by Gasteiger charge is -2.14. The van der Waals surface area contributed by atoms with E-state index in [1.807, 2.05) is 0 Å². The molecule has 0 spiro atoms. The van der Waals surface area contributed by atoms with E-state index in [1.165, 1.54) is 23.2 Å². The second-order valence-corrected chi connectivity index (χ2v) is 2.93. The Morgan fingerprint density at radius 2 is 2.29 bits per heavy atom. The van der Waals surface area contributed by atoms with Crippen LogP contribution in [0.25, 0.3) is 0 Å². The van der Waals surface area contributed by atoms with Gasteiger partial charge in [-0.15, -0.1) is 0 Å². The van der Waals surface area contributed by atoms with Gasteiger partial charge in [0, 0.05) is 0 Å². The zero-order valence-corrected chi connectivity index (χ0v) is 7.57. The average molecular weight is 193 g/mol. The molecule has 2 rings (SSSR count). The normalized spacial score (nSPS) is 16.0. The van der Waals surface area contributed by atoms with Gasteiger partial charge < -0.3 is 0 Å². The van der Waals surface area contributed by atoms with Gasteiger partial charge in [-0.25, -0.2) is 4.98 Å². The zero-order chi connectivity index (χ0) is 10.1. The van der Waals surface area contributed by atoms with Crippen LogP contribution in [0.4, 0.5) is 10.1 Å². The molecule has 1 aliphatic heterocycles. The van der Waals surface area contributed by atoms with Crippen molar-refractivity contribution >= 4 is 17.4 Å². The molecule has 4 nitrogen and oxygen atoms in total. The van der Waals surface area contributed by atoms with Gasteiger partial charge in [0.2, 0.25) is 5.95 Å². The molecule has 0 unspecified atom stereocenters. The fourth-order valence-corrected chi connectivity index (χ4v) is 1.34. The van der Waals surface area contributed by atoms with E-state index >= 15 is 0 Å². The molecule has 1 aromatic heterocycles. The van der Waals surface area contributed by atoms with Crippen molar-refractivity contribution in [1.82, 2.24) is 4.98 Å². The summed E-state index contributed by atoms with van der Waals surface area (Å²) < 4.78 is 12.5. The number of carbonyl (C=O) groups is 1. The highest BCUT2D eigenvalue weighted by molar-refractivity contribution is 6.20. The Morgan fingerprint density at radius 1 is 1.50 bits per heavy atom. The van der Waals surface area contributed by atoms with Gasteiger partial charge in [-0.2, -0.15) is 4.39 Å². The number of carbonyl (C=O) groups excluding carboxylic acids is 1. The minimum absolute atomic E-state index is 0.115. The molecule has 1 amide bonds. The summed E-state index contributed by atoms with van der Waals surface area (Å²) in [5.41, 5.74) is 0.551. The highest BCUT2D eigenvalue weighted by Crippen LogP contribution is 2.17.